The summed E-state index contributed by atoms with van der Waals surface area (Å²) < 4.78 is 15.6. The van der Waals surface area contributed by atoms with Crippen molar-refractivity contribution < 1.29 is 19.0 Å². The third kappa shape index (κ3) is 3.61. The summed E-state index contributed by atoms with van der Waals surface area (Å²) in [6.45, 7) is 0.202. The van der Waals surface area contributed by atoms with E-state index in [4.69, 9.17) is 14.2 Å². The monoisotopic (exact) mass is 308 g/mol. The molecule has 4 nitrogen and oxygen atoms in total. The molecule has 0 radical (unpaired) electrons. The quantitative estimate of drug-likeness (QED) is 0.478. The van der Waals surface area contributed by atoms with Gasteiger partial charge < -0.3 is 14.2 Å². The molecular formula is C19H16O4. The maximum atomic E-state index is 12.1. The Morgan fingerprint density at radius 3 is 2.61 bits per heavy atom. The summed E-state index contributed by atoms with van der Waals surface area (Å²) in [5.74, 6) is 2.02. The summed E-state index contributed by atoms with van der Waals surface area (Å²) >= 11 is 0. The van der Waals surface area contributed by atoms with Gasteiger partial charge in [-0.2, -0.15) is 0 Å². The SMILES string of the molecule is COc1ccc(/C=C/C=C/C(=O)c2ccc3c(c2)OCO3)cc1. The highest BCUT2D eigenvalue weighted by Crippen LogP contribution is 2.32. The van der Waals surface area contributed by atoms with Crippen molar-refractivity contribution in [3.05, 3.63) is 71.8 Å². The lowest BCUT2D eigenvalue weighted by molar-refractivity contribution is 0.104. The van der Waals surface area contributed by atoms with Gasteiger partial charge in [0.1, 0.15) is 5.75 Å². The van der Waals surface area contributed by atoms with Gasteiger partial charge in [0.2, 0.25) is 6.79 Å². The largest absolute Gasteiger partial charge is 0.497 e. The molecule has 0 amide bonds. The normalized spacial score (nSPS) is 12.9. The lowest BCUT2D eigenvalue weighted by atomic mass is 10.1. The molecule has 0 aromatic heterocycles. The molecule has 4 heteroatoms. The summed E-state index contributed by atoms with van der Waals surface area (Å²) in [6, 6.07) is 12.8. The Hall–Kier alpha value is -3.01. The molecule has 2 aromatic carbocycles. The van der Waals surface area contributed by atoms with Crippen LogP contribution in [-0.4, -0.2) is 19.7 Å². The number of benzene rings is 2. The molecule has 3 rings (SSSR count). The molecule has 0 bridgehead atoms. The maximum absolute atomic E-state index is 12.1. The number of ketones is 1. The first-order chi connectivity index (χ1) is 11.3. The fourth-order valence-corrected chi connectivity index (χ4v) is 2.17. The number of fused-ring (bicyclic) bond motifs is 1. The highest BCUT2D eigenvalue weighted by atomic mass is 16.7. The Bertz CT molecular complexity index is 757. The Morgan fingerprint density at radius 1 is 1.04 bits per heavy atom. The van der Waals surface area contributed by atoms with E-state index in [1.807, 2.05) is 36.4 Å². The standard InChI is InChI=1S/C19H16O4/c1-21-16-9-6-14(7-10-16)4-2-3-5-17(20)15-8-11-18-19(12-15)23-13-22-18/h2-12H,13H2,1H3/b4-2+,5-3+. The van der Waals surface area contributed by atoms with Gasteiger partial charge in [-0.1, -0.05) is 30.4 Å². The number of carbonyl (C=O) groups excluding carboxylic acids is 1. The molecule has 0 aliphatic carbocycles. The van der Waals surface area contributed by atoms with Gasteiger partial charge in [-0.3, -0.25) is 4.79 Å². The molecule has 0 atom stereocenters. The first-order valence-corrected chi connectivity index (χ1v) is 7.19. The van der Waals surface area contributed by atoms with Crippen LogP contribution in [0.2, 0.25) is 0 Å². The second-order valence-electron chi connectivity index (χ2n) is 4.92. The summed E-state index contributed by atoms with van der Waals surface area (Å²) in [7, 11) is 1.63. The van der Waals surface area contributed by atoms with Crippen LogP contribution < -0.4 is 14.2 Å². The van der Waals surface area contributed by atoms with Gasteiger partial charge >= 0.3 is 0 Å². The average Bonchev–Trinajstić information content (AvgIpc) is 3.06. The van der Waals surface area contributed by atoms with E-state index in [9.17, 15) is 4.79 Å². The van der Waals surface area contributed by atoms with Crippen molar-refractivity contribution in [2.45, 2.75) is 0 Å². The van der Waals surface area contributed by atoms with Crippen LogP contribution in [0.4, 0.5) is 0 Å². The number of ether oxygens (including phenoxy) is 3. The molecule has 0 N–H and O–H groups in total. The molecule has 23 heavy (non-hydrogen) atoms. The smallest absolute Gasteiger partial charge is 0.231 e. The van der Waals surface area contributed by atoms with Crippen molar-refractivity contribution in [3.63, 3.8) is 0 Å². The number of rotatable bonds is 5. The molecule has 1 heterocycles. The van der Waals surface area contributed by atoms with Crippen molar-refractivity contribution in [1.29, 1.82) is 0 Å². The van der Waals surface area contributed by atoms with Crippen LogP contribution in [0.25, 0.3) is 6.08 Å². The first kappa shape index (κ1) is 14.9. The number of hydrogen-bond acceptors (Lipinski definition) is 4. The van der Waals surface area contributed by atoms with Crippen molar-refractivity contribution in [2.75, 3.05) is 13.9 Å². The van der Waals surface area contributed by atoms with Crippen molar-refractivity contribution in [2.24, 2.45) is 0 Å². The zero-order chi connectivity index (χ0) is 16.1. The predicted molar refractivity (Wildman–Crippen MR) is 88.1 cm³/mol. The maximum Gasteiger partial charge on any atom is 0.231 e. The molecule has 116 valence electrons. The Kier molecular flexibility index (Phi) is 4.43. The van der Waals surface area contributed by atoms with Gasteiger partial charge in [0.05, 0.1) is 7.11 Å². The minimum Gasteiger partial charge on any atom is -0.497 e. The third-order valence-corrected chi connectivity index (χ3v) is 3.42. The minimum atomic E-state index is -0.0809. The highest BCUT2D eigenvalue weighted by Gasteiger charge is 2.14. The summed E-state index contributed by atoms with van der Waals surface area (Å²) in [5.41, 5.74) is 1.61. The van der Waals surface area contributed by atoms with Crippen LogP contribution in [0.15, 0.2) is 60.7 Å². The molecule has 0 fully saturated rings. The molecule has 0 saturated carbocycles. The molecule has 2 aromatic rings. The predicted octanol–water partition coefficient (Wildman–Crippen LogP) is 3.88. The van der Waals surface area contributed by atoms with Crippen molar-refractivity contribution in [1.82, 2.24) is 0 Å². The van der Waals surface area contributed by atoms with Gasteiger partial charge in [0.25, 0.3) is 0 Å². The third-order valence-electron chi connectivity index (χ3n) is 3.42. The lowest BCUT2D eigenvalue weighted by Gasteiger charge is -1.99. The zero-order valence-electron chi connectivity index (χ0n) is 12.7. The summed E-state index contributed by atoms with van der Waals surface area (Å²) in [4.78, 5) is 12.1. The van der Waals surface area contributed by atoms with Gasteiger partial charge in [0, 0.05) is 5.56 Å². The Labute approximate surface area is 134 Å². The van der Waals surface area contributed by atoms with Gasteiger partial charge in [-0.15, -0.1) is 0 Å². The fourth-order valence-electron chi connectivity index (χ4n) is 2.17. The topological polar surface area (TPSA) is 44.8 Å². The second kappa shape index (κ2) is 6.83. The Morgan fingerprint density at radius 2 is 1.83 bits per heavy atom. The number of methoxy groups -OCH3 is 1. The lowest BCUT2D eigenvalue weighted by Crippen LogP contribution is -1.94. The van der Waals surface area contributed by atoms with Crippen LogP contribution in [-0.2, 0) is 0 Å². The molecule has 1 aliphatic heterocycles. The van der Waals surface area contributed by atoms with Gasteiger partial charge in [-0.05, 0) is 42.0 Å². The van der Waals surface area contributed by atoms with Crippen molar-refractivity contribution in [3.8, 4) is 17.2 Å². The average molecular weight is 308 g/mol. The highest BCUT2D eigenvalue weighted by molar-refractivity contribution is 6.05. The zero-order valence-corrected chi connectivity index (χ0v) is 12.7. The van der Waals surface area contributed by atoms with E-state index in [0.29, 0.717) is 17.1 Å². The second-order valence-corrected chi connectivity index (χ2v) is 4.92. The van der Waals surface area contributed by atoms with Gasteiger partial charge in [-0.25, -0.2) is 0 Å². The summed E-state index contributed by atoms with van der Waals surface area (Å²) in [5, 5.41) is 0. The minimum absolute atomic E-state index is 0.0809. The first-order valence-electron chi connectivity index (χ1n) is 7.19. The number of hydrogen-bond donors (Lipinski definition) is 0. The van der Waals surface area contributed by atoms with E-state index in [1.165, 1.54) is 6.08 Å². The van der Waals surface area contributed by atoms with Crippen LogP contribution in [0, 0.1) is 0 Å². The summed E-state index contributed by atoms with van der Waals surface area (Å²) in [6.07, 6.45) is 6.99. The molecular weight excluding hydrogens is 292 g/mol. The van der Waals surface area contributed by atoms with E-state index in [-0.39, 0.29) is 12.6 Å². The van der Waals surface area contributed by atoms with Crippen LogP contribution in [0.3, 0.4) is 0 Å². The Balaban J connectivity index is 1.62. The van der Waals surface area contributed by atoms with Gasteiger partial charge in [0.15, 0.2) is 17.3 Å². The molecule has 0 spiro atoms. The van der Waals surface area contributed by atoms with E-state index >= 15 is 0 Å². The van der Waals surface area contributed by atoms with Crippen molar-refractivity contribution >= 4 is 11.9 Å². The molecule has 0 saturated heterocycles. The van der Waals surface area contributed by atoms with E-state index in [1.54, 1.807) is 31.4 Å². The molecule has 0 unspecified atom stereocenters. The fraction of sp³-hybridized carbons (Fsp3) is 0.105. The van der Waals surface area contributed by atoms with Crippen LogP contribution in [0.5, 0.6) is 17.2 Å². The van der Waals surface area contributed by atoms with E-state index < -0.39 is 0 Å². The van der Waals surface area contributed by atoms with E-state index in [0.717, 1.165) is 11.3 Å². The molecule has 1 aliphatic rings. The van der Waals surface area contributed by atoms with Crippen LogP contribution >= 0.6 is 0 Å². The van der Waals surface area contributed by atoms with Crippen LogP contribution in [0.1, 0.15) is 15.9 Å². The number of carbonyl (C=O) groups is 1. The van der Waals surface area contributed by atoms with E-state index in [2.05, 4.69) is 0 Å². The number of allylic oxidation sites excluding steroid dienone is 3.